The number of Topliss-reactive ketones (excluding diaryl/α,β-unsaturated/α-hetero) is 1. The van der Waals surface area contributed by atoms with Crippen LogP contribution in [0.25, 0.3) is 28.2 Å². The van der Waals surface area contributed by atoms with E-state index in [0.29, 0.717) is 33.7 Å². The molecule has 0 radical (unpaired) electrons. The highest BCUT2D eigenvalue weighted by molar-refractivity contribution is 6.00. The van der Waals surface area contributed by atoms with Crippen molar-refractivity contribution in [3.8, 4) is 45.5 Å². The van der Waals surface area contributed by atoms with Gasteiger partial charge in [0.05, 0.1) is 18.4 Å². The fourth-order valence-electron chi connectivity index (χ4n) is 4.51. The minimum absolute atomic E-state index is 0.126. The van der Waals surface area contributed by atoms with E-state index in [1.165, 1.54) is 10.7 Å². The van der Waals surface area contributed by atoms with Crippen molar-refractivity contribution in [3.63, 3.8) is 0 Å². The Labute approximate surface area is 230 Å². The van der Waals surface area contributed by atoms with E-state index in [1.54, 1.807) is 61.7 Å². The summed E-state index contributed by atoms with van der Waals surface area (Å²) >= 11 is 0. The van der Waals surface area contributed by atoms with Crippen LogP contribution in [-0.4, -0.2) is 48.4 Å². The molecule has 0 aliphatic rings. The molecule has 9 nitrogen and oxygen atoms in total. The number of nitrogens with zero attached hydrogens (tertiary/aromatic N) is 4. The number of hydrogen-bond donors (Lipinski definition) is 3. The third-order valence-corrected chi connectivity index (χ3v) is 6.76. The molecule has 5 aromatic rings. The summed E-state index contributed by atoms with van der Waals surface area (Å²) in [7, 11) is 1.56. The molecule has 1 aromatic heterocycles. The lowest BCUT2D eigenvalue weighted by Gasteiger charge is -2.16. The molecule has 1 atom stereocenters. The quantitative estimate of drug-likeness (QED) is 0.223. The smallest absolute Gasteiger partial charge is 0.195 e. The standard InChI is InChI=1S/C31H28N4O5/c1-18(2)21-11-14-28(40-3)24(15-21)23-16-25(27(37)17-26(23)36)31-32-33-34-35(31)22-12-9-20(10-13-22)30(39)29(38)19-7-5-4-6-8-19/h4-18,29,36-38H,1-3H3. The van der Waals surface area contributed by atoms with E-state index in [4.69, 9.17) is 4.74 Å². The second kappa shape index (κ2) is 11.0. The van der Waals surface area contributed by atoms with Gasteiger partial charge in [-0.15, -0.1) is 5.10 Å². The predicted octanol–water partition coefficient (Wildman–Crippen LogP) is 5.46. The number of aliphatic hydroxyl groups excluding tert-OH is 1. The van der Waals surface area contributed by atoms with Crippen molar-refractivity contribution in [3.05, 3.63) is 102 Å². The fraction of sp³-hybridized carbons (Fsp3) is 0.161. The molecule has 4 aromatic carbocycles. The molecule has 1 heterocycles. The first-order valence-electron chi connectivity index (χ1n) is 12.7. The molecule has 0 amide bonds. The van der Waals surface area contributed by atoms with Gasteiger partial charge >= 0.3 is 0 Å². The molecule has 0 saturated heterocycles. The van der Waals surface area contributed by atoms with Gasteiger partial charge in [0.1, 0.15) is 23.4 Å². The molecule has 40 heavy (non-hydrogen) atoms. The van der Waals surface area contributed by atoms with Gasteiger partial charge in [0.2, 0.25) is 0 Å². The first-order chi connectivity index (χ1) is 19.3. The maximum Gasteiger partial charge on any atom is 0.195 e. The van der Waals surface area contributed by atoms with Crippen LogP contribution in [-0.2, 0) is 0 Å². The minimum Gasteiger partial charge on any atom is -0.507 e. The topological polar surface area (TPSA) is 131 Å². The van der Waals surface area contributed by atoms with E-state index in [0.717, 1.165) is 5.56 Å². The van der Waals surface area contributed by atoms with Gasteiger partial charge in [0.15, 0.2) is 11.6 Å². The van der Waals surface area contributed by atoms with E-state index in [-0.39, 0.29) is 28.8 Å². The van der Waals surface area contributed by atoms with Crippen LogP contribution in [0.2, 0.25) is 0 Å². The number of benzene rings is 4. The van der Waals surface area contributed by atoms with E-state index in [1.807, 2.05) is 24.3 Å². The van der Waals surface area contributed by atoms with Crippen molar-refractivity contribution < 1.29 is 24.9 Å². The largest absolute Gasteiger partial charge is 0.507 e. The van der Waals surface area contributed by atoms with E-state index >= 15 is 0 Å². The third-order valence-electron chi connectivity index (χ3n) is 6.76. The highest BCUT2D eigenvalue weighted by Gasteiger charge is 2.22. The lowest BCUT2D eigenvalue weighted by Crippen LogP contribution is -2.12. The predicted molar refractivity (Wildman–Crippen MR) is 150 cm³/mol. The highest BCUT2D eigenvalue weighted by Crippen LogP contribution is 2.43. The summed E-state index contributed by atoms with van der Waals surface area (Å²) < 4.78 is 6.97. The number of carbonyl (C=O) groups is 1. The first-order valence-corrected chi connectivity index (χ1v) is 12.7. The summed E-state index contributed by atoms with van der Waals surface area (Å²) in [5.74, 6) is 0.260. The van der Waals surface area contributed by atoms with Crippen LogP contribution in [0.15, 0.2) is 84.9 Å². The van der Waals surface area contributed by atoms with Gasteiger partial charge in [-0.3, -0.25) is 4.79 Å². The fourth-order valence-corrected chi connectivity index (χ4v) is 4.51. The van der Waals surface area contributed by atoms with Gasteiger partial charge in [-0.1, -0.05) is 50.2 Å². The number of aliphatic hydroxyl groups is 1. The number of carbonyl (C=O) groups excluding carboxylic acids is 1. The molecule has 202 valence electrons. The number of ketones is 1. The van der Waals surface area contributed by atoms with Crippen LogP contribution in [0.3, 0.4) is 0 Å². The number of phenolic OH excluding ortho intramolecular Hbond substituents is 2. The van der Waals surface area contributed by atoms with Gasteiger partial charge in [0, 0.05) is 22.8 Å². The molecule has 3 N–H and O–H groups in total. The van der Waals surface area contributed by atoms with Crippen molar-refractivity contribution in [1.82, 2.24) is 20.2 Å². The number of phenols is 2. The van der Waals surface area contributed by atoms with Gasteiger partial charge in [-0.05, 0) is 69.9 Å². The number of ether oxygens (including phenoxy) is 1. The normalized spacial score (nSPS) is 11.9. The first kappa shape index (κ1) is 26.6. The molecule has 0 aliphatic heterocycles. The number of hydrogen-bond acceptors (Lipinski definition) is 8. The maximum absolute atomic E-state index is 12.8. The summed E-state index contributed by atoms with van der Waals surface area (Å²) in [5, 5.41) is 44.1. The summed E-state index contributed by atoms with van der Waals surface area (Å²) in [5.41, 5.74) is 3.80. The van der Waals surface area contributed by atoms with Crippen LogP contribution < -0.4 is 4.74 Å². The van der Waals surface area contributed by atoms with Crippen molar-refractivity contribution in [2.45, 2.75) is 25.9 Å². The number of rotatable bonds is 8. The number of aromatic nitrogens is 4. The van der Waals surface area contributed by atoms with Crippen molar-refractivity contribution >= 4 is 5.78 Å². The average molecular weight is 537 g/mol. The average Bonchev–Trinajstić information content (AvgIpc) is 3.46. The van der Waals surface area contributed by atoms with Crippen LogP contribution in [0, 0.1) is 0 Å². The van der Waals surface area contributed by atoms with E-state index < -0.39 is 11.9 Å². The number of tetrazole rings is 1. The zero-order chi connectivity index (χ0) is 28.4. The molecule has 0 aliphatic carbocycles. The molecule has 5 rings (SSSR count). The van der Waals surface area contributed by atoms with Crippen LogP contribution in [0.1, 0.15) is 47.4 Å². The summed E-state index contributed by atoms with van der Waals surface area (Å²) in [6, 6.07) is 23.8. The second-order valence-electron chi connectivity index (χ2n) is 9.64. The third kappa shape index (κ3) is 5.02. The SMILES string of the molecule is COc1ccc(C(C)C)cc1-c1cc(-c2nnnn2-c2ccc(C(=O)C(O)c3ccccc3)cc2)c(O)cc1O. The summed E-state index contributed by atoms with van der Waals surface area (Å²) in [6.45, 7) is 4.14. The Bertz CT molecular complexity index is 1660. The molecular formula is C31H28N4O5. The van der Waals surface area contributed by atoms with E-state index in [2.05, 4.69) is 29.4 Å². The Morgan fingerprint density at radius 3 is 2.20 bits per heavy atom. The molecule has 0 bridgehead atoms. The van der Waals surface area contributed by atoms with Gasteiger partial charge < -0.3 is 20.1 Å². The molecular weight excluding hydrogens is 508 g/mol. The zero-order valence-electron chi connectivity index (χ0n) is 22.2. The van der Waals surface area contributed by atoms with Crippen molar-refractivity contribution in [1.29, 1.82) is 0 Å². The Morgan fingerprint density at radius 2 is 1.52 bits per heavy atom. The second-order valence-corrected chi connectivity index (χ2v) is 9.64. The molecule has 0 spiro atoms. The molecule has 9 heteroatoms. The Morgan fingerprint density at radius 1 is 0.825 bits per heavy atom. The Hall–Kier alpha value is -5.02. The maximum atomic E-state index is 12.8. The van der Waals surface area contributed by atoms with Crippen LogP contribution in [0.5, 0.6) is 17.2 Å². The number of aromatic hydroxyl groups is 2. The van der Waals surface area contributed by atoms with Gasteiger partial charge in [-0.25, -0.2) is 0 Å². The highest BCUT2D eigenvalue weighted by atomic mass is 16.5. The van der Waals surface area contributed by atoms with Crippen LogP contribution in [0.4, 0.5) is 0 Å². The monoisotopic (exact) mass is 536 g/mol. The van der Waals surface area contributed by atoms with Crippen LogP contribution >= 0.6 is 0 Å². The Balaban J connectivity index is 1.52. The van der Waals surface area contributed by atoms with Crippen molar-refractivity contribution in [2.24, 2.45) is 0 Å². The van der Waals surface area contributed by atoms with Gasteiger partial charge in [0.25, 0.3) is 0 Å². The lowest BCUT2D eigenvalue weighted by molar-refractivity contribution is 0.0747. The summed E-state index contributed by atoms with van der Waals surface area (Å²) in [6.07, 6.45) is -1.28. The zero-order valence-corrected chi connectivity index (χ0v) is 22.2. The molecule has 1 unspecified atom stereocenters. The number of methoxy groups -OCH3 is 1. The Kier molecular flexibility index (Phi) is 7.31. The summed E-state index contributed by atoms with van der Waals surface area (Å²) in [4.78, 5) is 12.8. The lowest BCUT2D eigenvalue weighted by atomic mass is 9.94. The molecule has 0 saturated carbocycles. The molecule has 0 fully saturated rings. The van der Waals surface area contributed by atoms with Gasteiger partial charge in [-0.2, -0.15) is 4.68 Å². The minimum atomic E-state index is -1.28. The van der Waals surface area contributed by atoms with Crippen molar-refractivity contribution in [2.75, 3.05) is 7.11 Å². The van der Waals surface area contributed by atoms with E-state index in [9.17, 15) is 20.1 Å².